The molecule has 0 spiro atoms. The van der Waals surface area contributed by atoms with Gasteiger partial charge in [0.25, 0.3) is 0 Å². The molecule has 5 nitrogen and oxygen atoms in total. The van der Waals surface area contributed by atoms with Gasteiger partial charge in [0.1, 0.15) is 11.8 Å². The summed E-state index contributed by atoms with van der Waals surface area (Å²) in [6.45, 7) is 1.37. The number of carbonyl (C=O) groups is 2. The van der Waals surface area contributed by atoms with Crippen molar-refractivity contribution in [2.45, 2.75) is 13.0 Å². The normalized spacial score (nSPS) is 11.6. The zero-order chi connectivity index (χ0) is 12.1. The van der Waals surface area contributed by atoms with Crippen LogP contribution in [0.15, 0.2) is 24.3 Å². The second-order valence-corrected chi connectivity index (χ2v) is 3.27. The summed E-state index contributed by atoms with van der Waals surface area (Å²) in [5, 5.41) is 11.5. The monoisotopic (exact) mass is 223 g/mol. The van der Waals surface area contributed by atoms with Gasteiger partial charge in [-0.1, -0.05) is 12.1 Å². The molecule has 1 aromatic rings. The van der Waals surface area contributed by atoms with Crippen LogP contribution in [0, 0.1) is 0 Å². The fourth-order valence-corrected chi connectivity index (χ4v) is 1.26. The molecule has 0 saturated carbocycles. The van der Waals surface area contributed by atoms with Crippen molar-refractivity contribution in [3.8, 4) is 5.75 Å². The fraction of sp³-hybridized carbons (Fsp3) is 0.273. The predicted octanol–water partition coefficient (Wildman–Crippen LogP) is 1.38. The first-order valence-electron chi connectivity index (χ1n) is 4.68. The number of rotatable bonds is 3. The zero-order valence-corrected chi connectivity index (χ0v) is 9.06. The maximum absolute atomic E-state index is 11.3. The van der Waals surface area contributed by atoms with Crippen LogP contribution in [0.2, 0.25) is 0 Å². The number of hydrogen-bond acceptors (Lipinski definition) is 4. The number of ether oxygens (including phenoxy) is 1. The van der Waals surface area contributed by atoms with Gasteiger partial charge in [-0.3, -0.25) is 4.79 Å². The molecule has 1 aromatic carbocycles. The van der Waals surface area contributed by atoms with Crippen LogP contribution in [0.25, 0.3) is 0 Å². The van der Waals surface area contributed by atoms with Crippen LogP contribution in [-0.4, -0.2) is 24.1 Å². The molecule has 1 atom stereocenters. The van der Waals surface area contributed by atoms with Gasteiger partial charge in [-0.2, -0.15) is 0 Å². The molecule has 16 heavy (non-hydrogen) atoms. The van der Waals surface area contributed by atoms with Crippen molar-refractivity contribution in [1.29, 1.82) is 0 Å². The lowest BCUT2D eigenvalue weighted by Crippen LogP contribution is -2.32. The maximum atomic E-state index is 11.3. The van der Waals surface area contributed by atoms with Gasteiger partial charge in [-0.25, -0.2) is 4.79 Å². The number of phenolic OH excluding ortho intramolecular Hbond substituents is 1. The molecule has 1 amide bonds. The van der Waals surface area contributed by atoms with E-state index in [0.717, 1.165) is 0 Å². The van der Waals surface area contributed by atoms with Gasteiger partial charge < -0.3 is 15.2 Å². The molecule has 5 heteroatoms. The second kappa shape index (κ2) is 5.16. The quantitative estimate of drug-likeness (QED) is 0.811. The van der Waals surface area contributed by atoms with Crippen LogP contribution >= 0.6 is 0 Å². The summed E-state index contributed by atoms with van der Waals surface area (Å²) in [5.41, 5.74) is 0.593. The Morgan fingerprint density at radius 2 is 1.88 bits per heavy atom. The standard InChI is InChI=1S/C11H13NO4/c1-7(13)10(12-11(15)16-2)8-3-5-9(14)6-4-8/h3-6,10,14H,1-2H3,(H,12,15). The number of nitrogens with one attached hydrogen (secondary N) is 1. The summed E-state index contributed by atoms with van der Waals surface area (Å²) < 4.78 is 4.42. The third kappa shape index (κ3) is 2.98. The van der Waals surface area contributed by atoms with E-state index in [-0.39, 0.29) is 11.5 Å². The van der Waals surface area contributed by atoms with Crippen molar-refractivity contribution in [1.82, 2.24) is 5.32 Å². The molecule has 0 aromatic heterocycles. The van der Waals surface area contributed by atoms with Gasteiger partial charge in [0.15, 0.2) is 5.78 Å². The average Bonchev–Trinajstić information content (AvgIpc) is 2.26. The number of phenols is 1. The summed E-state index contributed by atoms with van der Waals surface area (Å²) in [4.78, 5) is 22.4. The number of ketones is 1. The fourth-order valence-electron chi connectivity index (χ4n) is 1.26. The van der Waals surface area contributed by atoms with Crippen LogP contribution in [-0.2, 0) is 9.53 Å². The number of benzene rings is 1. The first-order valence-corrected chi connectivity index (χ1v) is 4.68. The van der Waals surface area contributed by atoms with Crippen molar-refractivity contribution in [3.05, 3.63) is 29.8 Å². The number of aromatic hydroxyl groups is 1. The van der Waals surface area contributed by atoms with Crippen LogP contribution in [0.5, 0.6) is 5.75 Å². The Morgan fingerprint density at radius 3 is 2.31 bits per heavy atom. The van der Waals surface area contributed by atoms with Crippen molar-refractivity contribution < 1.29 is 19.4 Å². The number of Topliss-reactive ketones (excluding diaryl/α,β-unsaturated/α-hetero) is 1. The first kappa shape index (κ1) is 12.0. The molecule has 1 rings (SSSR count). The number of alkyl carbamates (subject to hydrolysis) is 1. The summed E-state index contributed by atoms with van der Waals surface area (Å²) in [6, 6.07) is 5.27. The topological polar surface area (TPSA) is 75.6 Å². The highest BCUT2D eigenvalue weighted by Crippen LogP contribution is 2.17. The van der Waals surface area contributed by atoms with Gasteiger partial charge in [-0.15, -0.1) is 0 Å². The lowest BCUT2D eigenvalue weighted by Gasteiger charge is -2.15. The Labute approximate surface area is 93.0 Å². The van der Waals surface area contributed by atoms with E-state index >= 15 is 0 Å². The summed E-state index contributed by atoms with van der Waals surface area (Å²) in [5.74, 6) is -0.111. The molecule has 0 radical (unpaired) electrons. The van der Waals surface area contributed by atoms with E-state index in [1.165, 1.54) is 26.2 Å². The number of methoxy groups -OCH3 is 1. The van der Waals surface area contributed by atoms with Gasteiger partial charge in [0.05, 0.1) is 7.11 Å². The third-order valence-electron chi connectivity index (χ3n) is 2.08. The Balaban J connectivity index is 2.89. The SMILES string of the molecule is COC(=O)NC(C(C)=O)c1ccc(O)cc1. The van der Waals surface area contributed by atoms with Gasteiger partial charge in [0.2, 0.25) is 0 Å². The van der Waals surface area contributed by atoms with E-state index < -0.39 is 12.1 Å². The smallest absolute Gasteiger partial charge is 0.407 e. The highest BCUT2D eigenvalue weighted by atomic mass is 16.5. The van der Waals surface area contributed by atoms with E-state index in [0.29, 0.717) is 5.56 Å². The van der Waals surface area contributed by atoms with E-state index in [1.807, 2.05) is 0 Å². The molecule has 0 aliphatic rings. The molecule has 0 heterocycles. The lowest BCUT2D eigenvalue weighted by molar-refractivity contribution is -0.119. The molecule has 1 unspecified atom stereocenters. The Morgan fingerprint density at radius 1 is 1.31 bits per heavy atom. The zero-order valence-electron chi connectivity index (χ0n) is 9.06. The predicted molar refractivity (Wildman–Crippen MR) is 57.1 cm³/mol. The number of amides is 1. The summed E-state index contributed by atoms with van der Waals surface area (Å²) in [6.07, 6.45) is -0.673. The molecular weight excluding hydrogens is 210 g/mol. The van der Waals surface area contributed by atoms with Gasteiger partial charge >= 0.3 is 6.09 Å². The largest absolute Gasteiger partial charge is 0.508 e. The maximum Gasteiger partial charge on any atom is 0.407 e. The molecule has 0 fully saturated rings. The first-order chi connectivity index (χ1) is 7.54. The molecule has 86 valence electrons. The van der Waals surface area contributed by atoms with E-state index in [9.17, 15) is 9.59 Å². The minimum Gasteiger partial charge on any atom is -0.508 e. The number of carbonyl (C=O) groups excluding carboxylic acids is 2. The highest BCUT2D eigenvalue weighted by Gasteiger charge is 2.19. The Hall–Kier alpha value is -2.04. The minimum atomic E-state index is -0.756. The molecule has 0 bridgehead atoms. The van der Waals surface area contributed by atoms with Crippen LogP contribution < -0.4 is 5.32 Å². The Kier molecular flexibility index (Phi) is 3.88. The average molecular weight is 223 g/mol. The molecule has 0 aliphatic carbocycles. The van der Waals surface area contributed by atoms with Crippen molar-refractivity contribution in [2.75, 3.05) is 7.11 Å². The molecular formula is C11H13NO4. The van der Waals surface area contributed by atoms with Crippen LogP contribution in [0.1, 0.15) is 18.5 Å². The van der Waals surface area contributed by atoms with Crippen molar-refractivity contribution >= 4 is 11.9 Å². The van der Waals surface area contributed by atoms with Gasteiger partial charge in [-0.05, 0) is 24.6 Å². The molecule has 0 aliphatic heterocycles. The van der Waals surface area contributed by atoms with Crippen LogP contribution in [0.4, 0.5) is 4.79 Å². The molecule has 2 N–H and O–H groups in total. The van der Waals surface area contributed by atoms with Crippen LogP contribution in [0.3, 0.4) is 0 Å². The van der Waals surface area contributed by atoms with E-state index in [1.54, 1.807) is 12.1 Å². The lowest BCUT2D eigenvalue weighted by atomic mass is 10.0. The summed E-state index contributed by atoms with van der Waals surface area (Å²) in [7, 11) is 1.23. The second-order valence-electron chi connectivity index (χ2n) is 3.27. The summed E-state index contributed by atoms with van der Waals surface area (Å²) >= 11 is 0. The van der Waals surface area contributed by atoms with Gasteiger partial charge in [0, 0.05) is 0 Å². The highest BCUT2D eigenvalue weighted by molar-refractivity contribution is 5.86. The van der Waals surface area contributed by atoms with Crippen molar-refractivity contribution in [2.24, 2.45) is 0 Å². The Bertz CT molecular complexity index is 385. The van der Waals surface area contributed by atoms with Crippen molar-refractivity contribution in [3.63, 3.8) is 0 Å². The van der Waals surface area contributed by atoms with E-state index in [4.69, 9.17) is 5.11 Å². The minimum absolute atomic E-state index is 0.101. The number of hydrogen-bond donors (Lipinski definition) is 2. The van der Waals surface area contributed by atoms with E-state index in [2.05, 4.69) is 10.1 Å². The molecule has 0 saturated heterocycles. The third-order valence-corrected chi connectivity index (χ3v) is 2.08.